The van der Waals surface area contributed by atoms with E-state index in [1.165, 1.54) is 0 Å². The van der Waals surface area contributed by atoms with E-state index in [1.54, 1.807) is 0 Å². The zero-order valence-electron chi connectivity index (χ0n) is 28.8. The molecule has 0 aliphatic heterocycles. The van der Waals surface area contributed by atoms with Crippen LogP contribution in [0.5, 0.6) is 0 Å². The Morgan fingerprint density at radius 3 is 1.63 bits per heavy atom. The SMILES string of the molecule is N#Cc1ccc2nc3c(cc(-c4ccc(-c5ccc(-c6nc(-c7ccccc7)nc(-c7ccccc7)n6)cc5)c5ccccc45)c4cccnc43)cc2c1. The van der Waals surface area contributed by atoms with Crippen LogP contribution in [0.15, 0.2) is 170 Å². The Bertz CT molecular complexity index is 3040. The van der Waals surface area contributed by atoms with Gasteiger partial charge in [-0.25, -0.2) is 19.9 Å². The molecule has 0 aliphatic carbocycles. The lowest BCUT2D eigenvalue weighted by molar-refractivity contribution is 1.07. The van der Waals surface area contributed by atoms with Gasteiger partial charge in [0.25, 0.3) is 0 Å². The van der Waals surface area contributed by atoms with Gasteiger partial charge in [0.2, 0.25) is 0 Å². The first-order chi connectivity index (χ1) is 26.7. The summed E-state index contributed by atoms with van der Waals surface area (Å²) in [6.45, 7) is 0. The highest BCUT2D eigenvalue weighted by atomic mass is 15.0. The first kappa shape index (κ1) is 31.1. The molecule has 0 unspecified atom stereocenters. The van der Waals surface area contributed by atoms with Crippen LogP contribution in [0.25, 0.3) is 99.9 Å². The first-order valence-electron chi connectivity index (χ1n) is 17.7. The van der Waals surface area contributed by atoms with Crippen molar-refractivity contribution in [3.63, 3.8) is 0 Å². The molecule has 10 rings (SSSR count). The number of rotatable bonds is 5. The molecule has 0 spiro atoms. The fraction of sp³-hybridized carbons (Fsp3) is 0. The van der Waals surface area contributed by atoms with Crippen molar-refractivity contribution in [1.29, 1.82) is 5.26 Å². The van der Waals surface area contributed by atoms with Crippen LogP contribution in [-0.4, -0.2) is 24.9 Å². The number of benzene rings is 7. The summed E-state index contributed by atoms with van der Waals surface area (Å²) in [5, 5.41) is 14.8. The molecule has 0 radical (unpaired) electrons. The molecule has 250 valence electrons. The summed E-state index contributed by atoms with van der Waals surface area (Å²) in [6.07, 6.45) is 1.82. The van der Waals surface area contributed by atoms with Crippen LogP contribution < -0.4 is 0 Å². The lowest BCUT2D eigenvalue weighted by Crippen LogP contribution is -2.00. The number of fused-ring (bicyclic) bond motifs is 5. The minimum atomic E-state index is 0.611. The second-order valence-corrected chi connectivity index (χ2v) is 13.2. The summed E-state index contributed by atoms with van der Waals surface area (Å²) in [7, 11) is 0. The van der Waals surface area contributed by atoms with Gasteiger partial charge in [-0.15, -0.1) is 0 Å². The van der Waals surface area contributed by atoms with E-state index in [0.29, 0.717) is 23.0 Å². The van der Waals surface area contributed by atoms with E-state index in [1.807, 2.05) is 91.1 Å². The third-order valence-electron chi connectivity index (χ3n) is 9.96. The van der Waals surface area contributed by atoms with Crippen molar-refractivity contribution in [2.24, 2.45) is 0 Å². The zero-order chi connectivity index (χ0) is 36.0. The van der Waals surface area contributed by atoms with E-state index < -0.39 is 0 Å². The van der Waals surface area contributed by atoms with Gasteiger partial charge in [-0.05, 0) is 69.4 Å². The summed E-state index contributed by atoms with van der Waals surface area (Å²) in [4.78, 5) is 24.5. The van der Waals surface area contributed by atoms with Gasteiger partial charge < -0.3 is 0 Å². The minimum Gasteiger partial charge on any atom is -0.254 e. The molecule has 0 atom stereocenters. The summed E-state index contributed by atoms with van der Waals surface area (Å²) >= 11 is 0. The molecule has 0 saturated carbocycles. The van der Waals surface area contributed by atoms with E-state index in [-0.39, 0.29) is 0 Å². The molecule has 0 aliphatic rings. The molecule has 0 fully saturated rings. The van der Waals surface area contributed by atoms with Crippen molar-refractivity contribution in [3.05, 3.63) is 176 Å². The third-order valence-corrected chi connectivity index (χ3v) is 9.96. The number of hydrogen-bond donors (Lipinski definition) is 0. The highest BCUT2D eigenvalue weighted by Gasteiger charge is 2.17. The lowest BCUT2D eigenvalue weighted by atomic mass is 9.89. The highest BCUT2D eigenvalue weighted by Crippen LogP contribution is 2.41. The largest absolute Gasteiger partial charge is 0.254 e. The van der Waals surface area contributed by atoms with Crippen LogP contribution >= 0.6 is 0 Å². The van der Waals surface area contributed by atoms with E-state index in [2.05, 4.69) is 84.9 Å². The van der Waals surface area contributed by atoms with Gasteiger partial charge in [0.15, 0.2) is 17.5 Å². The number of nitrogens with zero attached hydrogens (tertiary/aromatic N) is 6. The Labute approximate surface area is 310 Å². The van der Waals surface area contributed by atoms with Crippen molar-refractivity contribution in [2.45, 2.75) is 0 Å². The smallest absolute Gasteiger partial charge is 0.164 e. The molecule has 0 saturated heterocycles. The Hall–Kier alpha value is -7.62. The molecule has 6 heteroatoms. The second kappa shape index (κ2) is 12.9. The third kappa shape index (κ3) is 5.40. The molecule has 0 amide bonds. The molecule has 3 heterocycles. The van der Waals surface area contributed by atoms with Crippen LogP contribution in [-0.2, 0) is 0 Å². The number of hydrogen-bond acceptors (Lipinski definition) is 6. The van der Waals surface area contributed by atoms with Crippen molar-refractivity contribution < 1.29 is 0 Å². The van der Waals surface area contributed by atoms with E-state index in [4.69, 9.17) is 24.9 Å². The van der Waals surface area contributed by atoms with Crippen LogP contribution in [0, 0.1) is 11.3 Å². The maximum absolute atomic E-state index is 9.53. The Morgan fingerprint density at radius 1 is 0.389 bits per heavy atom. The Kier molecular flexibility index (Phi) is 7.41. The zero-order valence-corrected chi connectivity index (χ0v) is 28.8. The van der Waals surface area contributed by atoms with Gasteiger partial charge in [0.05, 0.1) is 28.2 Å². The fourth-order valence-electron chi connectivity index (χ4n) is 7.35. The maximum atomic E-state index is 9.53. The molecule has 10 aromatic rings. The number of aromatic nitrogens is 5. The predicted molar refractivity (Wildman–Crippen MR) is 217 cm³/mol. The number of pyridine rings is 2. The van der Waals surface area contributed by atoms with Gasteiger partial charge in [-0.3, -0.25) is 4.98 Å². The van der Waals surface area contributed by atoms with E-state index in [9.17, 15) is 5.26 Å². The molecule has 0 bridgehead atoms. The summed E-state index contributed by atoms with van der Waals surface area (Å²) < 4.78 is 0. The van der Waals surface area contributed by atoms with Gasteiger partial charge in [0.1, 0.15) is 0 Å². The molecule has 6 nitrogen and oxygen atoms in total. The van der Waals surface area contributed by atoms with E-state index >= 15 is 0 Å². The lowest BCUT2D eigenvalue weighted by Gasteiger charge is -2.15. The van der Waals surface area contributed by atoms with Crippen LogP contribution in [0.4, 0.5) is 0 Å². The van der Waals surface area contributed by atoms with Crippen molar-refractivity contribution in [1.82, 2.24) is 24.9 Å². The van der Waals surface area contributed by atoms with Gasteiger partial charge in [-0.2, -0.15) is 5.26 Å². The molecule has 54 heavy (non-hydrogen) atoms. The fourth-order valence-corrected chi connectivity index (χ4v) is 7.35. The molecule has 0 N–H and O–H groups in total. The first-order valence-corrected chi connectivity index (χ1v) is 17.7. The Balaban J connectivity index is 1.09. The predicted octanol–water partition coefficient (Wildman–Crippen LogP) is 11.5. The summed E-state index contributed by atoms with van der Waals surface area (Å²) in [5.41, 5.74) is 10.4. The molecular weight excluding hydrogens is 661 g/mol. The normalized spacial score (nSPS) is 11.3. The van der Waals surface area contributed by atoms with Gasteiger partial charge in [0, 0.05) is 39.0 Å². The topological polar surface area (TPSA) is 88.2 Å². The molecular formula is C48H28N6. The summed E-state index contributed by atoms with van der Waals surface area (Å²) in [6, 6.07) is 57.8. The summed E-state index contributed by atoms with van der Waals surface area (Å²) in [5.74, 6) is 1.90. The minimum absolute atomic E-state index is 0.611. The van der Waals surface area contributed by atoms with Gasteiger partial charge >= 0.3 is 0 Å². The van der Waals surface area contributed by atoms with Crippen LogP contribution in [0.3, 0.4) is 0 Å². The van der Waals surface area contributed by atoms with E-state index in [0.717, 1.165) is 82.4 Å². The second-order valence-electron chi connectivity index (χ2n) is 13.2. The van der Waals surface area contributed by atoms with Crippen LogP contribution in [0.1, 0.15) is 5.56 Å². The standard InChI is InChI=1S/C48H28N6/c49-29-30-17-24-43-35(26-30)27-36-28-42(41-16-9-25-50-45(41)44(36)51-43)40-23-22-37(38-14-7-8-15-39(38)40)31-18-20-34(21-19-31)48-53-46(32-10-3-1-4-11-32)52-47(54-48)33-12-5-2-6-13-33/h1-28H. The monoisotopic (exact) mass is 688 g/mol. The quantitative estimate of drug-likeness (QED) is 0.132. The highest BCUT2D eigenvalue weighted by molar-refractivity contribution is 6.16. The van der Waals surface area contributed by atoms with Crippen LogP contribution in [0.2, 0.25) is 0 Å². The van der Waals surface area contributed by atoms with Crippen molar-refractivity contribution in [3.8, 4) is 62.5 Å². The average Bonchev–Trinajstić information content (AvgIpc) is 3.25. The van der Waals surface area contributed by atoms with Crippen molar-refractivity contribution >= 4 is 43.5 Å². The average molecular weight is 689 g/mol. The van der Waals surface area contributed by atoms with Crippen molar-refractivity contribution in [2.75, 3.05) is 0 Å². The Morgan fingerprint density at radius 2 is 0.963 bits per heavy atom. The molecule has 7 aromatic carbocycles. The molecule has 3 aromatic heterocycles. The maximum Gasteiger partial charge on any atom is 0.164 e. The number of nitriles is 1. The van der Waals surface area contributed by atoms with Gasteiger partial charge in [-0.1, -0.05) is 127 Å².